The third kappa shape index (κ3) is 4.12. The van der Waals surface area contributed by atoms with Crippen LogP contribution in [0, 0.1) is 5.92 Å². The van der Waals surface area contributed by atoms with Crippen molar-refractivity contribution in [1.29, 1.82) is 0 Å². The monoisotopic (exact) mass is 483 g/mol. The Labute approximate surface area is 216 Å². The fourth-order valence-electron chi connectivity index (χ4n) is 6.09. The van der Waals surface area contributed by atoms with Crippen LogP contribution in [-0.2, 0) is 22.7 Å². The Morgan fingerprint density at radius 2 is 1.69 bits per heavy atom. The molecule has 0 unspecified atom stereocenters. The second kappa shape index (κ2) is 8.17. The summed E-state index contributed by atoms with van der Waals surface area (Å²) in [5, 5.41) is 2.87. The molecule has 0 saturated carbocycles. The SMILES string of the molecule is CC(C)Cc1c2c(cc3sc4c(-c5cccc(C(C)(C)C)c5)nccc4c13)C(C)(C)CCC2(C)C. The zero-order chi connectivity index (χ0) is 25.3. The predicted molar refractivity (Wildman–Crippen MR) is 155 cm³/mol. The molecule has 0 amide bonds. The number of benzene rings is 2. The van der Waals surface area contributed by atoms with Gasteiger partial charge in [-0.05, 0) is 81.9 Å². The van der Waals surface area contributed by atoms with E-state index in [0.717, 1.165) is 12.1 Å². The molecule has 0 spiro atoms. The Bertz CT molecular complexity index is 1430. The largest absolute Gasteiger partial charge is 0.255 e. The molecule has 0 saturated heterocycles. The third-order valence-corrected chi connectivity index (χ3v) is 9.34. The maximum absolute atomic E-state index is 4.95. The van der Waals surface area contributed by atoms with Gasteiger partial charge in [0.25, 0.3) is 0 Å². The number of pyridine rings is 1. The summed E-state index contributed by atoms with van der Waals surface area (Å²) in [6.45, 7) is 21.4. The van der Waals surface area contributed by atoms with Crippen molar-refractivity contribution in [3.05, 3.63) is 64.8 Å². The lowest BCUT2D eigenvalue weighted by Crippen LogP contribution is -2.35. The van der Waals surface area contributed by atoms with E-state index in [1.807, 2.05) is 17.5 Å². The molecule has 2 aromatic carbocycles. The molecule has 2 aromatic heterocycles. The van der Waals surface area contributed by atoms with Crippen LogP contribution in [-0.4, -0.2) is 4.98 Å². The van der Waals surface area contributed by atoms with E-state index >= 15 is 0 Å². The fourth-order valence-corrected chi connectivity index (χ4v) is 7.37. The first-order chi connectivity index (χ1) is 16.3. The highest BCUT2D eigenvalue weighted by molar-refractivity contribution is 7.26. The number of fused-ring (bicyclic) bond motifs is 4. The summed E-state index contributed by atoms with van der Waals surface area (Å²) >= 11 is 1.95. The smallest absolute Gasteiger partial charge is 0.0880 e. The summed E-state index contributed by atoms with van der Waals surface area (Å²) in [5.74, 6) is 0.616. The predicted octanol–water partition coefficient (Wildman–Crippen LogP) is 9.96. The first-order valence-electron chi connectivity index (χ1n) is 13.3. The lowest BCUT2D eigenvalue weighted by Gasteiger charge is -2.43. The molecule has 0 radical (unpaired) electrons. The normalized spacial score (nSPS) is 17.3. The van der Waals surface area contributed by atoms with Gasteiger partial charge in [-0.25, -0.2) is 0 Å². The summed E-state index contributed by atoms with van der Waals surface area (Å²) in [6, 6.07) is 13.8. The van der Waals surface area contributed by atoms with Crippen LogP contribution in [0.15, 0.2) is 42.6 Å². The molecule has 2 heterocycles. The average Bonchev–Trinajstić information content (AvgIpc) is 3.15. The highest BCUT2D eigenvalue weighted by Crippen LogP contribution is 2.52. The van der Waals surface area contributed by atoms with Crippen LogP contribution in [0.5, 0.6) is 0 Å². The van der Waals surface area contributed by atoms with Gasteiger partial charge in [0, 0.05) is 27.2 Å². The van der Waals surface area contributed by atoms with Gasteiger partial charge in [-0.3, -0.25) is 4.98 Å². The number of nitrogens with zero attached hydrogens (tertiary/aromatic N) is 1. The van der Waals surface area contributed by atoms with Crippen molar-refractivity contribution in [2.75, 3.05) is 0 Å². The third-order valence-electron chi connectivity index (χ3n) is 8.18. The van der Waals surface area contributed by atoms with Gasteiger partial charge in [0.05, 0.1) is 10.4 Å². The van der Waals surface area contributed by atoms with Crippen LogP contribution in [0.3, 0.4) is 0 Å². The molecule has 0 atom stereocenters. The van der Waals surface area contributed by atoms with Crippen molar-refractivity contribution >= 4 is 31.5 Å². The first-order valence-corrected chi connectivity index (χ1v) is 14.1. The van der Waals surface area contributed by atoms with E-state index in [9.17, 15) is 0 Å². The highest BCUT2D eigenvalue weighted by atomic mass is 32.1. The Balaban J connectivity index is 1.87. The molecule has 4 aromatic rings. The van der Waals surface area contributed by atoms with Crippen LogP contribution in [0.4, 0.5) is 0 Å². The summed E-state index contributed by atoms with van der Waals surface area (Å²) in [5.41, 5.74) is 9.04. The topological polar surface area (TPSA) is 12.9 Å². The molecule has 1 aliphatic rings. The van der Waals surface area contributed by atoms with Gasteiger partial charge in [0.1, 0.15) is 0 Å². The average molecular weight is 484 g/mol. The van der Waals surface area contributed by atoms with Crippen LogP contribution in [0.2, 0.25) is 0 Å². The van der Waals surface area contributed by atoms with Crippen molar-refractivity contribution in [1.82, 2.24) is 4.98 Å². The van der Waals surface area contributed by atoms with Gasteiger partial charge in [0.15, 0.2) is 0 Å². The number of hydrogen-bond donors (Lipinski definition) is 0. The van der Waals surface area contributed by atoms with Crippen LogP contribution in [0.25, 0.3) is 31.4 Å². The summed E-state index contributed by atoms with van der Waals surface area (Å²) in [7, 11) is 0. The van der Waals surface area contributed by atoms with Crippen LogP contribution in [0.1, 0.15) is 97.4 Å². The van der Waals surface area contributed by atoms with Gasteiger partial charge >= 0.3 is 0 Å². The zero-order valence-corrected chi connectivity index (χ0v) is 23.9. The van der Waals surface area contributed by atoms with E-state index in [4.69, 9.17) is 4.98 Å². The lowest BCUT2D eigenvalue weighted by atomic mass is 9.61. The van der Waals surface area contributed by atoms with Gasteiger partial charge in [-0.1, -0.05) is 80.5 Å². The second-order valence-corrected chi connectivity index (χ2v) is 14.5. The van der Waals surface area contributed by atoms with E-state index in [-0.39, 0.29) is 16.2 Å². The molecule has 2 heteroatoms. The lowest BCUT2D eigenvalue weighted by molar-refractivity contribution is 0.329. The molecule has 1 aliphatic carbocycles. The minimum atomic E-state index is 0.116. The molecular formula is C33H41NS. The molecular weight excluding hydrogens is 442 g/mol. The van der Waals surface area contributed by atoms with E-state index < -0.39 is 0 Å². The molecule has 0 fully saturated rings. The standard InChI is InChI=1S/C33H41NS/c1-20(2)17-24-27-23-13-16-34-29(21-11-10-12-22(18-21)31(3,4)5)30(23)35-26(27)19-25-28(24)33(8,9)15-14-32(25,6)7/h10-13,16,18-20H,14-15,17H2,1-9H3. The van der Waals surface area contributed by atoms with Crippen molar-refractivity contribution in [3.8, 4) is 11.3 Å². The van der Waals surface area contributed by atoms with Crippen LogP contribution < -0.4 is 0 Å². The van der Waals surface area contributed by atoms with Gasteiger partial charge < -0.3 is 0 Å². The van der Waals surface area contributed by atoms with E-state index in [1.54, 1.807) is 16.7 Å². The quantitative estimate of drug-likeness (QED) is 0.282. The second-order valence-electron chi connectivity index (χ2n) is 13.5. The highest BCUT2D eigenvalue weighted by Gasteiger charge is 2.40. The minimum Gasteiger partial charge on any atom is -0.255 e. The number of rotatable bonds is 3. The fraction of sp³-hybridized carbons (Fsp3) is 0.485. The summed E-state index contributed by atoms with van der Waals surface area (Å²) in [6.07, 6.45) is 5.65. The van der Waals surface area contributed by atoms with Crippen LogP contribution >= 0.6 is 11.3 Å². The molecule has 35 heavy (non-hydrogen) atoms. The molecule has 5 rings (SSSR count). The summed E-state index contributed by atoms with van der Waals surface area (Å²) < 4.78 is 2.76. The molecule has 0 N–H and O–H groups in total. The van der Waals surface area contributed by atoms with E-state index in [1.165, 1.54) is 44.1 Å². The zero-order valence-electron chi connectivity index (χ0n) is 23.1. The Kier molecular flexibility index (Phi) is 5.72. The van der Waals surface area contributed by atoms with Crippen molar-refractivity contribution < 1.29 is 0 Å². The van der Waals surface area contributed by atoms with Crippen molar-refractivity contribution in [3.63, 3.8) is 0 Å². The Morgan fingerprint density at radius 1 is 0.971 bits per heavy atom. The number of aromatic nitrogens is 1. The van der Waals surface area contributed by atoms with Crippen molar-refractivity contribution in [2.24, 2.45) is 5.92 Å². The number of thiophene rings is 1. The van der Waals surface area contributed by atoms with Gasteiger partial charge in [0.2, 0.25) is 0 Å². The molecule has 0 bridgehead atoms. The Hall–Kier alpha value is -2.19. The maximum Gasteiger partial charge on any atom is 0.0880 e. The van der Waals surface area contributed by atoms with Gasteiger partial charge in [-0.2, -0.15) is 0 Å². The molecule has 1 nitrogen and oxygen atoms in total. The van der Waals surface area contributed by atoms with Crippen molar-refractivity contribution in [2.45, 2.75) is 97.8 Å². The minimum absolute atomic E-state index is 0.116. The first kappa shape index (κ1) is 24.5. The summed E-state index contributed by atoms with van der Waals surface area (Å²) in [4.78, 5) is 4.95. The Morgan fingerprint density at radius 3 is 2.37 bits per heavy atom. The molecule has 0 aliphatic heterocycles. The molecule has 184 valence electrons. The van der Waals surface area contributed by atoms with E-state index in [0.29, 0.717) is 5.92 Å². The number of hydrogen-bond acceptors (Lipinski definition) is 2. The maximum atomic E-state index is 4.95. The van der Waals surface area contributed by atoms with E-state index in [2.05, 4.69) is 98.7 Å². The van der Waals surface area contributed by atoms with Gasteiger partial charge in [-0.15, -0.1) is 11.3 Å².